The molecule has 3 heteroatoms. The molecule has 0 atom stereocenters. The van der Waals surface area contributed by atoms with Gasteiger partial charge in [-0.25, -0.2) is 0 Å². The zero-order valence-electron chi connectivity index (χ0n) is 2.91. The maximum atomic E-state index is 4.34. The molecule has 0 saturated carbocycles. The van der Waals surface area contributed by atoms with Crippen molar-refractivity contribution in [2.45, 2.75) is 0 Å². The van der Waals surface area contributed by atoms with Gasteiger partial charge in [0, 0.05) is 29.6 Å². The largest absolute Gasteiger partial charge is 0 e. The first-order chi connectivity index (χ1) is 1.41. The molecule has 0 unspecified atom stereocenters. The summed E-state index contributed by atoms with van der Waals surface area (Å²) >= 11 is 1.14. The molecule has 0 aromatic rings. The van der Waals surface area contributed by atoms with Crippen LogP contribution in [0.25, 0.3) is 0 Å². The van der Waals surface area contributed by atoms with Gasteiger partial charge in [-0.1, -0.05) is 0 Å². The van der Waals surface area contributed by atoms with Gasteiger partial charge in [-0.2, -0.15) is 0 Å². The van der Waals surface area contributed by atoms with E-state index in [2.05, 4.69) is 3.07 Å². The Labute approximate surface area is 62.0 Å². The van der Waals surface area contributed by atoms with Crippen LogP contribution in [0.4, 0.5) is 0 Å². The van der Waals surface area contributed by atoms with Crippen LogP contribution in [-0.2, 0) is 3.07 Å². The van der Waals surface area contributed by atoms with Crippen LogP contribution >= 0.6 is 0 Å². The monoisotopic (exact) mass is 174 g/mol. The summed E-state index contributed by atoms with van der Waals surface area (Å²) in [5.74, 6) is 0. The topological polar surface area (TPSA) is 9.23 Å². The van der Waals surface area contributed by atoms with Gasteiger partial charge in [-0.05, 0) is 0 Å². The molecule has 0 saturated heterocycles. The SMILES string of the molecule is C[O][Sn].[Na]. The smallest absolute Gasteiger partial charge is 0 e. The van der Waals surface area contributed by atoms with E-state index in [9.17, 15) is 0 Å². The van der Waals surface area contributed by atoms with E-state index >= 15 is 0 Å². The van der Waals surface area contributed by atoms with E-state index in [4.69, 9.17) is 0 Å². The molecule has 0 aliphatic heterocycles. The molecule has 0 heterocycles. The maximum absolute atomic E-state index is 4.34. The van der Waals surface area contributed by atoms with Gasteiger partial charge >= 0.3 is 33.1 Å². The second kappa shape index (κ2) is 8.83. The molecule has 0 amide bonds. The van der Waals surface area contributed by atoms with Gasteiger partial charge in [-0.15, -0.1) is 0 Å². The third-order valence-corrected chi connectivity index (χ3v) is 0. The zero-order valence-corrected chi connectivity index (χ0v) is 7.76. The summed E-state index contributed by atoms with van der Waals surface area (Å²) in [4.78, 5) is 0. The van der Waals surface area contributed by atoms with E-state index in [0.29, 0.717) is 0 Å². The van der Waals surface area contributed by atoms with Crippen molar-refractivity contribution in [2.24, 2.45) is 0 Å². The van der Waals surface area contributed by atoms with Crippen LogP contribution < -0.4 is 0 Å². The van der Waals surface area contributed by atoms with Crippen molar-refractivity contribution in [1.29, 1.82) is 0 Å². The van der Waals surface area contributed by atoms with Crippen LogP contribution in [0.3, 0.4) is 0 Å². The quantitative estimate of drug-likeness (QED) is 0.441. The molecule has 1 nitrogen and oxygen atoms in total. The average molecular weight is 173 g/mol. The second-order valence-electron chi connectivity index (χ2n) is 0.204. The van der Waals surface area contributed by atoms with Crippen molar-refractivity contribution < 1.29 is 3.07 Å². The van der Waals surface area contributed by atoms with Crippen LogP contribution in [0.1, 0.15) is 0 Å². The number of hydrogen-bond acceptors (Lipinski definition) is 1. The molecule has 18 valence electrons. The first-order valence-electron chi connectivity index (χ1n) is 0.612. The van der Waals surface area contributed by atoms with E-state index < -0.39 is 0 Å². The summed E-state index contributed by atoms with van der Waals surface area (Å²) in [7, 11) is 1.66. The van der Waals surface area contributed by atoms with Gasteiger partial charge in [0.2, 0.25) is 0 Å². The van der Waals surface area contributed by atoms with Gasteiger partial charge in [0.1, 0.15) is 0 Å². The molecule has 0 spiro atoms. The summed E-state index contributed by atoms with van der Waals surface area (Å²) in [6.07, 6.45) is 0. The fraction of sp³-hybridized carbons (Fsp3) is 1.00. The molecule has 4 radical (unpaired) electrons. The third-order valence-electron chi connectivity index (χ3n) is 0. The molecule has 0 N–H and O–H groups in total. The third kappa shape index (κ3) is 9.25. The fourth-order valence-corrected chi connectivity index (χ4v) is 0. The molecule has 0 rings (SSSR count). The predicted octanol–water partition coefficient (Wildman–Crippen LogP) is -0.665. The summed E-state index contributed by atoms with van der Waals surface area (Å²) in [5.41, 5.74) is 0. The second-order valence-corrected chi connectivity index (χ2v) is 1.37. The Morgan fingerprint density at radius 2 is 1.75 bits per heavy atom. The minimum absolute atomic E-state index is 0. The molecule has 4 heavy (non-hydrogen) atoms. The van der Waals surface area contributed by atoms with Crippen LogP contribution in [0.2, 0.25) is 0 Å². The van der Waals surface area contributed by atoms with Crippen LogP contribution in [0.5, 0.6) is 0 Å². The maximum Gasteiger partial charge on any atom is 0 e. The molecule has 0 aliphatic carbocycles. The molecular weight excluding hydrogens is 170 g/mol. The van der Waals surface area contributed by atoms with Gasteiger partial charge in [-0.3, -0.25) is 0 Å². The predicted molar refractivity (Wildman–Crippen MR) is 18.5 cm³/mol. The summed E-state index contributed by atoms with van der Waals surface area (Å²) in [5, 5.41) is 0. The molecule has 0 bridgehead atoms. The molecule has 0 fully saturated rings. The summed E-state index contributed by atoms with van der Waals surface area (Å²) < 4.78 is 4.34. The van der Waals surface area contributed by atoms with Gasteiger partial charge in [0.05, 0.1) is 0 Å². The van der Waals surface area contributed by atoms with E-state index in [1.54, 1.807) is 7.11 Å². The first kappa shape index (κ1) is 9.23. The zero-order chi connectivity index (χ0) is 2.71. The molecule has 0 aliphatic rings. The standard InChI is InChI=1S/CH3O.Na.Sn/c1-2;;/h1H3;;/q-1;;+1. The van der Waals surface area contributed by atoms with Crippen molar-refractivity contribution in [2.75, 3.05) is 7.11 Å². The Bertz CT molecular complexity index is 8.00. The first-order valence-corrected chi connectivity index (χ1v) is 1.78. The van der Waals surface area contributed by atoms with Gasteiger partial charge < -0.3 is 0 Å². The Morgan fingerprint density at radius 3 is 1.75 bits per heavy atom. The molecule has 0 aromatic heterocycles. The Hall–Kier alpha value is 1.76. The Morgan fingerprint density at radius 1 is 1.75 bits per heavy atom. The van der Waals surface area contributed by atoms with Crippen molar-refractivity contribution in [3.05, 3.63) is 0 Å². The number of rotatable bonds is 0. The van der Waals surface area contributed by atoms with E-state index in [1.807, 2.05) is 0 Å². The van der Waals surface area contributed by atoms with E-state index in [0.717, 1.165) is 22.9 Å². The Balaban J connectivity index is 0. The van der Waals surface area contributed by atoms with E-state index in [1.165, 1.54) is 0 Å². The summed E-state index contributed by atoms with van der Waals surface area (Å²) in [6, 6.07) is 0. The minimum atomic E-state index is 0. The fourth-order valence-electron chi connectivity index (χ4n) is 0. The van der Waals surface area contributed by atoms with Crippen molar-refractivity contribution in [3.8, 4) is 0 Å². The van der Waals surface area contributed by atoms with Crippen molar-refractivity contribution in [1.82, 2.24) is 0 Å². The summed E-state index contributed by atoms with van der Waals surface area (Å²) in [6.45, 7) is 0. The van der Waals surface area contributed by atoms with Gasteiger partial charge in [0.25, 0.3) is 0 Å². The number of hydrogen-bond donors (Lipinski definition) is 0. The van der Waals surface area contributed by atoms with Gasteiger partial charge in [0.15, 0.2) is 0 Å². The van der Waals surface area contributed by atoms with Crippen molar-refractivity contribution in [3.63, 3.8) is 0 Å². The Kier molecular flexibility index (Phi) is 20.4. The van der Waals surface area contributed by atoms with Crippen LogP contribution in [-0.4, -0.2) is 59.6 Å². The molecule has 0 aromatic carbocycles. The van der Waals surface area contributed by atoms with Crippen molar-refractivity contribution >= 4 is 52.5 Å². The minimum Gasteiger partial charge on any atom is 0 e. The molecular formula is CH3NaOSn. The van der Waals surface area contributed by atoms with Crippen LogP contribution in [0.15, 0.2) is 0 Å². The van der Waals surface area contributed by atoms with E-state index in [-0.39, 0.29) is 29.6 Å². The normalized spacial score (nSPS) is 4.50. The average Bonchev–Trinajstić information content (AvgIpc) is 0.918. The van der Waals surface area contributed by atoms with Crippen LogP contribution in [0, 0.1) is 0 Å².